The number of nitriles is 1. The second-order valence-corrected chi connectivity index (χ2v) is 3.03. The highest BCUT2D eigenvalue weighted by molar-refractivity contribution is 5.73. The van der Waals surface area contributed by atoms with Gasteiger partial charge in [0.25, 0.3) is 0 Å². The summed E-state index contributed by atoms with van der Waals surface area (Å²) >= 11 is 0. The van der Waals surface area contributed by atoms with Gasteiger partial charge in [0.15, 0.2) is 0 Å². The smallest absolute Gasteiger partial charge is 0.310 e. The molecule has 0 atom stereocenters. The molecular formula is C10H15NO2. The summed E-state index contributed by atoms with van der Waals surface area (Å²) in [4.78, 5) is 11.0. The summed E-state index contributed by atoms with van der Waals surface area (Å²) in [5.74, 6) is -0.0555. The minimum Gasteiger partial charge on any atom is -0.466 e. The van der Waals surface area contributed by atoms with E-state index in [1.807, 2.05) is 19.9 Å². The molecule has 0 saturated carbocycles. The normalized spacial score (nSPS) is 11.2. The first-order valence-electron chi connectivity index (χ1n) is 4.36. The summed E-state index contributed by atoms with van der Waals surface area (Å²) in [7, 11) is 0. The number of hydrogen-bond donors (Lipinski definition) is 0. The van der Waals surface area contributed by atoms with E-state index in [0.29, 0.717) is 12.2 Å². The molecule has 0 N–H and O–H groups in total. The Bertz CT molecular complexity index is 236. The summed E-state index contributed by atoms with van der Waals surface area (Å²) in [6.45, 7) is 6.03. The van der Waals surface area contributed by atoms with Crippen LogP contribution in [0.1, 0.15) is 27.2 Å². The van der Waals surface area contributed by atoms with Crippen LogP contribution in [0.25, 0.3) is 0 Å². The van der Waals surface area contributed by atoms with Crippen LogP contribution >= 0.6 is 0 Å². The summed E-state index contributed by atoms with van der Waals surface area (Å²) in [5.41, 5.74) is 0.480. The minimum absolute atomic E-state index is 0.0858. The zero-order chi connectivity index (χ0) is 10.3. The summed E-state index contributed by atoms with van der Waals surface area (Å²) in [6, 6.07) is 1.98. The Labute approximate surface area is 79.0 Å². The zero-order valence-electron chi connectivity index (χ0n) is 8.33. The van der Waals surface area contributed by atoms with Gasteiger partial charge in [0.05, 0.1) is 19.1 Å². The highest BCUT2D eigenvalue weighted by Crippen LogP contribution is 2.06. The van der Waals surface area contributed by atoms with E-state index in [2.05, 4.69) is 0 Å². The van der Waals surface area contributed by atoms with Crippen molar-refractivity contribution in [2.24, 2.45) is 5.92 Å². The van der Waals surface area contributed by atoms with Gasteiger partial charge >= 0.3 is 5.97 Å². The molecule has 0 unspecified atom stereocenters. The van der Waals surface area contributed by atoms with E-state index in [0.717, 1.165) is 0 Å². The van der Waals surface area contributed by atoms with Gasteiger partial charge in [-0.15, -0.1) is 0 Å². The molecule has 0 amide bonds. The average Bonchev–Trinajstić information content (AvgIpc) is 2.02. The predicted octanol–water partition coefficient (Wildman–Crippen LogP) is 2.05. The molecule has 0 rings (SSSR count). The first-order chi connectivity index (χ1) is 6.10. The number of allylic oxidation sites excluding steroid dienone is 1. The maximum atomic E-state index is 11.0. The molecule has 3 heteroatoms. The van der Waals surface area contributed by atoms with Crippen molar-refractivity contribution in [3.63, 3.8) is 0 Å². The van der Waals surface area contributed by atoms with Crippen LogP contribution < -0.4 is 0 Å². The van der Waals surface area contributed by atoms with Gasteiger partial charge in [-0.2, -0.15) is 5.26 Å². The largest absolute Gasteiger partial charge is 0.466 e. The van der Waals surface area contributed by atoms with E-state index >= 15 is 0 Å². The Hall–Kier alpha value is -1.30. The van der Waals surface area contributed by atoms with Gasteiger partial charge in [-0.05, 0) is 12.8 Å². The average molecular weight is 181 g/mol. The monoisotopic (exact) mass is 181 g/mol. The Kier molecular flexibility index (Phi) is 5.62. The molecule has 0 spiro atoms. The van der Waals surface area contributed by atoms with Gasteiger partial charge in [-0.1, -0.05) is 19.9 Å². The van der Waals surface area contributed by atoms with Crippen molar-refractivity contribution in [2.45, 2.75) is 27.2 Å². The number of ether oxygens (including phenoxy) is 1. The fraction of sp³-hybridized carbons (Fsp3) is 0.600. The third-order valence-electron chi connectivity index (χ3n) is 1.32. The maximum absolute atomic E-state index is 11.0. The molecular weight excluding hydrogens is 166 g/mol. The quantitative estimate of drug-likeness (QED) is 0.492. The standard InChI is InChI=1S/C10H15NO2/c1-4-13-10(12)6-9(7-11)5-8(2)3/h5,8H,4,6H2,1-3H3/b9-5-. The molecule has 0 aromatic heterocycles. The topological polar surface area (TPSA) is 50.1 Å². The van der Waals surface area contributed by atoms with Crippen LogP contribution in [0.2, 0.25) is 0 Å². The first kappa shape index (κ1) is 11.7. The molecule has 0 radical (unpaired) electrons. The van der Waals surface area contributed by atoms with E-state index in [4.69, 9.17) is 10.00 Å². The van der Waals surface area contributed by atoms with Crippen molar-refractivity contribution >= 4 is 5.97 Å². The lowest BCUT2D eigenvalue weighted by atomic mass is 10.1. The number of esters is 1. The fourth-order valence-corrected chi connectivity index (χ4v) is 0.906. The van der Waals surface area contributed by atoms with Crippen LogP contribution in [-0.2, 0) is 9.53 Å². The maximum Gasteiger partial charge on any atom is 0.310 e. The number of hydrogen-bond acceptors (Lipinski definition) is 3. The Balaban J connectivity index is 4.15. The van der Waals surface area contributed by atoms with Crippen LogP contribution in [-0.4, -0.2) is 12.6 Å². The lowest BCUT2D eigenvalue weighted by Gasteiger charge is -2.01. The molecule has 0 fully saturated rings. The molecule has 0 aliphatic rings. The predicted molar refractivity (Wildman–Crippen MR) is 49.8 cm³/mol. The van der Waals surface area contributed by atoms with Gasteiger partial charge in [0.1, 0.15) is 0 Å². The second-order valence-electron chi connectivity index (χ2n) is 3.03. The molecule has 0 aromatic carbocycles. The lowest BCUT2D eigenvalue weighted by Crippen LogP contribution is -2.04. The van der Waals surface area contributed by atoms with E-state index < -0.39 is 0 Å². The molecule has 0 bridgehead atoms. The Morgan fingerprint density at radius 3 is 2.62 bits per heavy atom. The van der Waals surface area contributed by atoms with Crippen molar-refractivity contribution < 1.29 is 9.53 Å². The van der Waals surface area contributed by atoms with Gasteiger partial charge in [0.2, 0.25) is 0 Å². The van der Waals surface area contributed by atoms with E-state index in [1.54, 1.807) is 13.0 Å². The van der Waals surface area contributed by atoms with Crippen LogP contribution in [0.3, 0.4) is 0 Å². The zero-order valence-corrected chi connectivity index (χ0v) is 8.33. The van der Waals surface area contributed by atoms with E-state index in [1.165, 1.54) is 0 Å². The highest BCUT2D eigenvalue weighted by Gasteiger charge is 2.06. The SMILES string of the molecule is CCOC(=O)C/C(C#N)=C/C(C)C. The van der Waals surface area contributed by atoms with Crippen molar-refractivity contribution in [2.75, 3.05) is 6.61 Å². The van der Waals surface area contributed by atoms with Gasteiger partial charge in [-0.3, -0.25) is 4.79 Å². The van der Waals surface area contributed by atoms with E-state index in [9.17, 15) is 4.79 Å². The van der Waals surface area contributed by atoms with Crippen molar-refractivity contribution in [1.82, 2.24) is 0 Å². The van der Waals surface area contributed by atoms with Gasteiger partial charge in [-0.25, -0.2) is 0 Å². The molecule has 0 aliphatic carbocycles. The third kappa shape index (κ3) is 5.92. The van der Waals surface area contributed by atoms with Crippen molar-refractivity contribution in [3.05, 3.63) is 11.6 Å². The number of rotatable bonds is 4. The molecule has 72 valence electrons. The molecule has 13 heavy (non-hydrogen) atoms. The molecule has 0 aliphatic heterocycles. The minimum atomic E-state index is -0.337. The summed E-state index contributed by atoms with van der Waals surface area (Å²) < 4.78 is 4.72. The summed E-state index contributed by atoms with van der Waals surface area (Å²) in [5, 5.41) is 8.67. The Morgan fingerprint density at radius 1 is 1.62 bits per heavy atom. The first-order valence-corrected chi connectivity index (χ1v) is 4.36. The van der Waals surface area contributed by atoms with Gasteiger partial charge in [0, 0.05) is 5.57 Å². The second kappa shape index (κ2) is 6.24. The number of nitrogens with zero attached hydrogens (tertiary/aromatic N) is 1. The third-order valence-corrected chi connectivity index (χ3v) is 1.32. The molecule has 0 aromatic rings. The van der Waals surface area contributed by atoms with Crippen LogP contribution in [0.4, 0.5) is 0 Å². The van der Waals surface area contributed by atoms with Crippen LogP contribution in [0, 0.1) is 17.2 Å². The molecule has 3 nitrogen and oxygen atoms in total. The lowest BCUT2D eigenvalue weighted by molar-refractivity contribution is -0.142. The molecule has 0 saturated heterocycles. The van der Waals surface area contributed by atoms with Crippen molar-refractivity contribution in [1.29, 1.82) is 5.26 Å². The summed E-state index contributed by atoms with van der Waals surface area (Å²) in [6.07, 6.45) is 1.86. The fourth-order valence-electron chi connectivity index (χ4n) is 0.906. The number of carbonyl (C=O) groups excluding carboxylic acids is 1. The number of carbonyl (C=O) groups is 1. The van der Waals surface area contributed by atoms with Gasteiger partial charge < -0.3 is 4.74 Å². The van der Waals surface area contributed by atoms with Crippen LogP contribution in [0.5, 0.6) is 0 Å². The van der Waals surface area contributed by atoms with Crippen molar-refractivity contribution in [3.8, 4) is 6.07 Å². The molecule has 0 heterocycles. The van der Waals surface area contributed by atoms with Crippen LogP contribution in [0.15, 0.2) is 11.6 Å². The van der Waals surface area contributed by atoms with E-state index in [-0.39, 0.29) is 18.3 Å². The highest BCUT2D eigenvalue weighted by atomic mass is 16.5. The Morgan fingerprint density at radius 2 is 2.23 bits per heavy atom.